The molecule has 104 valence electrons. The average molecular weight is 353 g/mol. The number of amides is 1. The van der Waals surface area contributed by atoms with Crippen LogP contribution in [0.4, 0.5) is 5.82 Å². The van der Waals surface area contributed by atoms with Gasteiger partial charge in [-0.15, -0.1) is 11.3 Å². The molecule has 20 heavy (non-hydrogen) atoms. The molecule has 0 aliphatic carbocycles. The Balaban J connectivity index is 1.64. The van der Waals surface area contributed by atoms with Gasteiger partial charge in [0, 0.05) is 32.4 Å². The van der Waals surface area contributed by atoms with Crippen LogP contribution in [0.25, 0.3) is 0 Å². The Morgan fingerprint density at radius 3 is 2.60 bits per heavy atom. The molecule has 2 aromatic rings. The van der Waals surface area contributed by atoms with Crippen molar-refractivity contribution < 1.29 is 4.79 Å². The maximum atomic E-state index is 12.4. The summed E-state index contributed by atoms with van der Waals surface area (Å²) in [6.07, 6.45) is 1.79. The quantitative estimate of drug-likeness (QED) is 0.831. The molecule has 2 aromatic heterocycles. The Labute approximate surface area is 129 Å². The summed E-state index contributed by atoms with van der Waals surface area (Å²) in [5.74, 6) is 1.03. The molecule has 1 aliphatic rings. The molecule has 1 aliphatic heterocycles. The smallest absolute Gasteiger partial charge is 0.266 e. The minimum absolute atomic E-state index is 0.0556. The third kappa shape index (κ3) is 2.69. The highest BCUT2D eigenvalue weighted by atomic mass is 79.9. The highest BCUT2D eigenvalue weighted by molar-refractivity contribution is 9.10. The zero-order chi connectivity index (χ0) is 13.9. The first-order valence-electron chi connectivity index (χ1n) is 6.30. The van der Waals surface area contributed by atoms with Crippen molar-refractivity contribution in [3.63, 3.8) is 0 Å². The van der Waals surface area contributed by atoms with Crippen molar-refractivity contribution in [2.75, 3.05) is 31.1 Å². The van der Waals surface area contributed by atoms with Crippen LogP contribution in [-0.4, -0.2) is 47.0 Å². The predicted octanol–water partition coefficient (Wildman–Crippen LogP) is 2.26. The average Bonchev–Trinajstić information content (AvgIpc) is 2.94. The van der Waals surface area contributed by atoms with Crippen LogP contribution >= 0.6 is 27.3 Å². The molecule has 0 N–H and O–H groups in total. The molecule has 7 heteroatoms. The molecule has 1 saturated heterocycles. The fraction of sp³-hybridized carbons (Fsp3) is 0.308. The van der Waals surface area contributed by atoms with Crippen LogP contribution in [0, 0.1) is 0 Å². The molecule has 0 radical (unpaired) electrons. The van der Waals surface area contributed by atoms with E-state index in [1.807, 2.05) is 23.1 Å². The van der Waals surface area contributed by atoms with Crippen LogP contribution in [0.15, 0.2) is 34.5 Å². The van der Waals surface area contributed by atoms with Gasteiger partial charge in [0.1, 0.15) is 15.3 Å². The van der Waals surface area contributed by atoms with Gasteiger partial charge in [0.25, 0.3) is 5.91 Å². The number of carbonyl (C=O) groups excluding carboxylic acids is 1. The Morgan fingerprint density at radius 1 is 1.20 bits per heavy atom. The first-order chi connectivity index (χ1) is 9.75. The van der Waals surface area contributed by atoms with Gasteiger partial charge in [0.2, 0.25) is 0 Å². The first-order valence-corrected chi connectivity index (χ1v) is 7.97. The fourth-order valence-electron chi connectivity index (χ4n) is 2.19. The third-order valence-electron chi connectivity index (χ3n) is 3.26. The standard InChI is InChI=1S/C13H13BrN4OS/c14-12-11(20-9-16-12)13(19)18-7-5-17(6-8-18)10-3-1-2-4-15-10/h1-4,9H,5-8H2. The SMILES string of the molecule is O=C(c1scnc1Br)N1CCN(c2ccccn2)CC1. The molecule has 0 unspecified atom stereocenters. The molecule has 0 bridgehead atoms. The van der Waals surface area contributed by atoms with Crippen molar-refractivity contribution in [2.24, 2.45) is 0 Å². The molecular formula is C13H13BrN4OS. The van der Waals surface area contributed by atoms with Crippen LogP contribution in [0.1, 0.15) is 9.67 Å². The van der Waals surface area contributed by atoms with E-state index in [0.717, 1.165) is 18.9 Å². The normalized spacial score (nSPS) is 15.4. The number of piperazine rings is 1. The second-order valence-electron chi connectivity index (χ2n) is 4.44. The summed E-state index contributed by atoms with van der Waals surface area (Å²) >= 11 is 4.69. The summed E-state index contributed by atoms with van der Waals surface area (Å²) in [6.45, 7) is 3.03. The number of nitrogens with zero attached hydrogens (tertiary/aromatic N) is 4. The van der Waals surface area contributed by atoms with E-state index in [1.165, 1.54) is 11.3 Å². The van der Waals surface area contributed by atoms with E-state index in [0.29, 0.717) is 22.6 Å². The van der Waals surface area contributed by atoms with Crippen LogP contribution < -0.4 is 4.90 Å². The molecular weight excluding hydrogens is 340 g/mol. The number of rotatable bonds is 2. The highest BCUT2D eigenvalue weighted by Gasteiger charge is 2.25. The second-order valence-corrected chi connectivity index (χ2v) is 6.05. The van der Waals surface area contributed by atoms with Crippen LogP contribution in [0.2, 0.25) is 0 Å². The molecule has 0 spiro atoms. The Morgan fingerprint density at radius 2 is 2.00 bits per heavy atom. The van der Waals surface area contributed by atoms with Gasteiger partial charge in [-0.25, -0.2) is 9.97 Å². The number of carbonyl (C=O) groups is 1. The van der Waals surface area contributed by atoms with Crippen molar-refractivity contribution in [1.29, 1.82) is 0 Å². The second kappa shape index (κ2) is 5.88. The largest absolute Gasteiger partial charge is 0.353 e. The van der Waals surface area contributed by atoms with Gasteiger partial charge in [0.15, 0.2) is 0 Å². The number of anilines is 1. The zero-order valence-electron chi connectivity index (χ0n) is 10.7. The molecule has 0 atom stereocenters. The summed E-state index contributed by atoms with van der Waals surface area (Å²) in [5, 5.41) is 0. The van der Waals surface area contributed by atoms with Crippen molar-refractivity contribution >= 4 is 39.0 Å². The van der Waals surface area contributed by atoms with E-state index < -0.39 is 0 Å². The van der Waals surface area contributed by atoms with Crippen molar-refractivity contribution in [2.45, 2.75) is 0 Å². The van der Waals surface area contributed by atoms with E-state index >= 15 is 0 Å². The van der Waals surface area contributed by atoms with E-state index in [4.69, 9.17) is 0 Å². The lowest BCUT2D eigenvalue weighted by atomic mass is 10.3. The summed E-state index contributed by atoms with van der Waals surface area (Å²) in [7, 11) is 0. The number of thiazole rings is 1. The van der Waals surface area contributed by atoms with Crippen molar-refractivity contribution in [1.82, 2.24) is 14.9 Å². The Bertz CT molecular complexity index is 595. The lowest BCUT2D eigenvalue weighted by molar-refractivity contribution is 0.0750. The fourth-order valence-corrected chi connectivity index (χ4v) is 3.53. The lowest BCUT2D eigenvalue weighted by Crippen LogP contribution is -2.49. The molecule has 3 heterocycles. The number of hydrogen-bond donors (Lipinski definition) is 0. The number of halogens is 1. The first kappa shape index (κ1) is 13.5. The van der Waals surface area contributed by atoms with Gasteiger partial charge < -0.3 is 9.80 Å². The van der Waals surface area contributed by atoms with Gasteiger partial charge in [0.05, 0.1) is 5.51 Å². The summed E-state index contributed by atoms with van der Waals surface area (Å²) in [5.41, 5.74) is 1.68. The third-order valence-corrected chi connectivity index (χ3v) is 4.94. The summed E-state index contributed by atoms with van der Waals surface area (Å²) in [4.78, 5) is 25.5. The van der Waals surface area contributed by atoms with Gasteiger partial charge in [-0.05, 0) is 28.1 Å². The zero-order valence-corrected chi connectivity index (χ0v) is 13.1. The summed E-state index contributed by atoms with van der Waals surface area (Å²) < 4.78 is 0.639. The molecule has 1 fully saturated rings. The lowest BCUT2D eigenvalue weighted by Gasteiger charge is -2.35. The minimum atomic E-state index is 0.0556. The number of aromatic nitrogens is 2. The van der Waals surface area contributed by atoms with Gasteiger partial charge >= 0.3 is 0 Å². The summed E-state index contributed by atoms with van der Waals surface area (Å²) in [6, 6.07) is 5.89. The molecule has 0 aromatic carbocycles. The van der Waals surface area contributed by atoms with Crippen molar-refractivity contribution in [3.05, 3.63) is 39.4 Å². The minimum Gasteiger partial charge on any atom is -0.353 e. The number of pyridine rings is 1. The predicted molar refractivity (Wildman–Crippen MR) is 82.2 cm³/mol. The molecule has 5 nitrogen and oxygen atoms in total. The number of hydrogen-bond acceptors (Lipinski definition) is 5. The monoisotopic (exact) mass is 352 g/mol. The topological polar surface area (TPSA) is 49.3 Å². The van der Waals surface area contributed by atoms with Crippen LogP contribution in [0.3, 0.4) is 0 Å². The maximum absolute atomic E-state index is 12.4. The van der Waals surface area contributed by atoms with Crippen LogP contribution in [-0.2, 0) is 0 Å². The van der Waals surface area contributed by atoms with Gasteiger partial charge in [-0.3, -0.25) is 4.79 Å². The Hall–Kier alpha value is -1.47. The maximum Gasteiger partial charge on any atom is 0.266 e. The van der Waals surface area contributed by atoms with E-state index in [2.05, 4.69) is 30.8 Å². The molecule has 1 amide bonds. The van der Waals surface area contributed by atoms with Gasteiger partial charge in [-0.1, -0.05) is 6.07 Å². The van der Waals surface area contributed by atoms with Crippen molar-refractivity contribution in [3.8, 4) is 0 Å². The van der Waals surface area contributed by atoms with Gasteiger partial charge in [-0.2, -0.15) is 0 Å². The van der Waals surface area contributed by atoms with E-state index in [-0.39, 0.29) is 5.91 Å². The molecule has 0 saturated carbocycles. The highest BCUT2D eigenvalue weighted by Crippen LogP contribution is 2.22. The van der Waals surface area contributed by atoms with E-state index in [1.54, 1.807) is 11.7 Å². The van der Waals surface area contributed by atoms with Crippen LogP contribution in [0.5, 0.6) is 0 Å². The Kier molecular flexibility index (Phi) is 3.98. The molecule has 3 rings (SSSR count). The van der Waals surface area contributed by atoms with E-state index in [9.17, 15) is 4.79 Å².